The summed E-state index contributed by atoms with van der Waals surface area (Å²) in [7, 11) is 0. The van der Waals surface area contributed by atoms with E-state index < -0.39 is 18.7 Å². The molecule has 0 amide bonds. The van der Waals surface area contributed by atoms with Gasteiger partial charge in [-0.2, -0.15) is 0 Å². The van der Waals surface area contributed by atoms with Gasteiger partial charge in [0.15, 0.2) is 5.11 Å². The van der Waals surface area contributed by atoms with E-state index >= 15 is 0 Å². The molecule has 7 heteroatoms. The van der Waals surface area contributed by atoms with Crippen LogP contribution in [0.5, 0.6) is 0 Å². The van der Waals surface area contributed by atoms with Crippen molar-refractivity contribution in [2.45, 2.75) is 32.7 Å². The Balaban J connectivity index is 1.93. The van der Waals surface area contributed by atoms with Crippen molar-refractivity contribution < 1.29 is 18.3 Å². The topological polar surface area (TPSA) is 63.5 Å². The predicted octanol–water partition coefficient (Wildman–Crippen LogP) is 2.02. The van der Waals surface area contributed by atoms with Crippen LogP contribution >= 0.6 is 12.2 Å². The maximum atomic E-state index is 13.1. The summed E-state index contributed by atoms with van der Waals surface area (Å²) in [5, 5.41) is 5.83. The van der Waals surface area contributed by atoms with Crippen LogP contribution in [0.1, 0.15) is 25.4 Å². The van der Waals surface area contributed by atoms with Crippen LogP contribution in [0.3, 0.4) is 0 Å². The maximum absolute atomic E-state index is 13.1. The van der Waals surface area contributed by atoms with Crippen LogP contribution in [-0.2, 0) is 22.4 Å². The number of ether oxygens (including phenoxy) is 1. The molecule has 5 nitrogen and oxygen atoms in total. The van der Waals surface area contributed by atoms with Crippen molar-refractivity contribution in [1.82, 2.24) is 10.6 Å². The molecule has 1 atom stereocenters. The van der Waals surface area contributed by atoms with E-state index in [1.165, 1.54) is 0 Å². The van der Waals surface area contributed by atoms with Gasteiger partial charge in [-0.1, -0.05) is 6.92 Å². The lowest BCUT2D eigenvalue weighted by molar-refractivity contribution is -0.139. The number of thiocarbonyl (C=S) groups is 1. The number of carbonyl (C=O) groups is 1. The molecule has 0 spiro atoms. The normalized spacial score (nSPS) is 18.0. The molecule has 0 aliphatic carbocycles. The molecule has 120 valence electrons. The Morgan fingerprint density at radius 1 is 1.45 bits per heavy atom. The molecule has 0 aromatic carbocycles. The summed E-state index contributed by atoms with van der Waals surface area (Å²) in [6.45, 7) is 3.12. The van der Waals surface area contributed by atoms with E-state index in [1.807, 2.05) is 19.1 Å². The van der Waals surface area contributed by atoms with E-state index in [9.17, 15) is 9.18 Å². The first kappa shape index (κ1) is 16.5. The van der Waals surface area contributed by atoms with Crippen molar-refractivity contribution in [2.75, 3.05) is 13.3 Å². The molecule has 2 rings (SSSR count). The lowest BCUT2D eigenvalue weighted by atomic mass is 10.0. The van der Waals surface area contributed by atoms with Gasteiger partial charge in [-0.3, -0.25) is 0 Å². The average molecular weight is 326 g/mol. The average Bonchev–Trinajstić information content (AvgIpc) is 2.94. The zero-order valence-corrected chi connectivity index (χ0v) is 13.4. The second-order valence-electron chi connectivity index (χ2n) is 4.95. The van der Waals surface area contributed by atoms with Crippen molar-refractivity contribution in [1.29, 1.82) is 0 Å². The van der Waals surface area contributed by atoms with Gasteiger partial charge in [0.05, 0.1) is 18.2 Å². The molecular weight excluding hydrogens is 307 g/mol. The number of allylic oxidation sites excluding steroid dienone is 1. The molecule has 0 saturated carbocycles. The standard InChI is InChI=1S/C15H19FN2O3S/c1-3-10-4-5-11(21-10)6-7-20-14(19)13-9(2)17-15(22)18-12(13)8-16/h4-5,12H,3,6-8H2,1-2H3,(H2,17,18,22). The fraction of sp³-hybridized carbons (Fsp3) is 0.467. The molecule has 2 heterocycles. The third-order valence-electron chi connectivity index (χ3n) is 3.38. The third kappa shape index (κ3) is 3.85. The van der Waals surface area contributed by atoms with E-state index in [-0.39, 0.29) is 12.2 Å². The highest BCUT2D eigenvalue weighted by molar-refractivity contribution is 7.80. The number of alkyl halides is 1. The molecule has 1 aromatic heterocycles. The minimum absolute atomic E-state index is 0.176. The number of aryl methyl sites for hydroxylation is 1. The molecule has 0 bridgehead atoms. The van der Waals surface area contributed by atoms with Gasteiger partial charge in [0.1, 0.15) is 18.2 Å². The minimum atomic E-state index is -0.767. The molecule has 1 aliphatic rings. The largest absolute Gasteiger partial charge is 0.466 e. The molecule has 22 heavy (non-hydrogen) atoms. The third-order valence-corrected chi connectivity index (χ3v) is 3.60. The van der Waals surface area contributed by atoms with Crippen LogP contribution in [0.25, 0.3) is 0 Å². The lowest BCUT2D eigenvalue weighted by Gasteiger charge is -2.27. The molecule has 1 unspecified atom stereocenters. The lowest BCUT2D eigenvalue weighted by Crippen LogP contribution is -2.50. The van der Waals surface area contributed by atoms with Gasteiger partial charge in [-0.25, -0.2) is 9.18 Å². The Kier molecular flexibility index (Phi) is 5.54. The van der Waals surface area contributed by atoms with Gasteiger partial charge >= 0.3 is 5.97 Å². The first-order chi connectivity index (χ1) is 10.5. The molecular formula is C15H19FN2O3S. The summed E-state index contributed by atoms with van der Waals surface area (Å²) in [6.07, 6.45) is 1.30. The zero-order chi connectivity index (χ0) is 16.1. The Labute approximate surface area is 133 Å². The smallest absolute Gasteiger partial charge is 0.337 e. The maximum Gasteiger partial charge on any atom is 0.337 e. The highest BCUT2D eigenvalue weighted by Crippen LogP contribution is 2.15. The monoisotopic (exact) mass is 326 g/mol. The fourth-order valence-corrected chi connectivity index (χ4v) is 2.54. The molecule has 1 aromatic rings. The van der Waals surface area contributed by atoms with Gasteiger partial charge in [0.2, 0.25) is 0 Å². The number of hydrogen-bond acceptors (Lipinski definition) is 4. The van der Waals surface area contributed by atoms with Gasteiger partial charge in [-0.15, -0.1) is 0 Å². The number of carbonyl (C=O) groups excluding carboxylic acids is 1. The Bertz CT molecular complexity index is 597. The van der Waals surface area contributed by atoms with E-state index in [4.69, 9.17) is 21.4 Å². The van der Waals surface area contributed by atoms with Gasteiger partial charge in [0.25, 0.3) is 0 Å². The van der Waals surface area contributed by atoms with Crippen LogP contribution in [0, 0.1) is 0 Å². The quantitative estimate of drug-likeness (QED) is 0.616. The summed E-state index contributed by atoms with van der Waals surface area (Å²) in [5.41, 5.74) is 0.757. The number of furan rings is 1. The van der Waals surface area contributed by atoms with Crippen molar-refractivity contribution >= 4 is 23.3 Å². The van der Waals surface area contributed by atoms with E-state index in [0.29, 0.717) is 17.2 Å². The Morgan fingerprint density at radius 3 is 2.82 bits per heavy atom. The highest BCUT2D eigenvalue weighted by atomic mass is 32.1. The first-order valence-electron chi connectivity index (χ1n) is 7.14. The highest BCUT2D eigenvalue weighted by Gasteiger charge is 2.29. The van der Waals surface area contributed by atoms with Crippen molar-refractivity contribution in [3.63, 3.8) is 0 Å². The van der Waals surface area contributed by atoms with Crippen LogP contribution in [0.4, 0.5) is 4.39 Å². The Hall–Kier alpha value is -1.89. The van der Waals surface area contributed by atoms with E-state index in [2.05, 4.69) is 10.6 Å². The summed E-state index contributed by atoms with van der Waals surface area (Å²) in [5.74, 6) is 1.11. The van der Waals surface area contributed by atoms with Crippen LogP contribution < -0.4 is 10.6 Å². The van der Waals surface area contributed by atoms with Crippen LogP contribution in [-0.4, -0.2) is 30.4 Å². The summed E-state index contributed by atoms with van der Waals surface area (Å²) >= 11 is 4.94. The summed E-state index contributed by atoms with van der Waals surface area (Å²) in [6, 6.07) is 3.00. The van der Waals surface area contributed by atoms with Gasteiger partial charge in [0, 0.05) is 18.5 Å². The summed E-state index contributed by atoms with van der Waals surface area (Å²) < 4.78 is 23.8. The second kappa shape index (κ2) is 7.40. The zero-order valence-electron chi connectivity index (χ0n) is 12.6. The number of halogens is 1. The molecule has 0 saturated heterocycles. The molecule has 0 fully saturated rings. The molecule has 1 aliphatic heterocycles. The SMILES string of the molecule is CCc1ccc(CCOC(=O)C2=C(C)NC(=S)NC2CF)o1. The van der Waals surface area contributed by atoms with Crippen LogP contribution in [0.2, 0.25) is 0 Å². The summed E-state index contributed by atoms with van der Waals surface area (Å²) in [4.78, 5) is 12.1. The fourth-order valence-electron chi connectivity index (χ4n) is 2.25. The Morgan fingerprint density at radius 2 is 2.18 bits per heavy atom. The predicted molar refractivity (Wildman–Crippen MR) is 84.1 cm³/mol. The van der Waals surface area contributed by atoms with Gasteiger partial charge in [-0.05, 0) is 31.3 Å². The van der Waals surface area contributed by atoms with Crippen molar-refractivity contribution in [3.05, 3.63) is 34.9 Å². The number of esters is 1. The van der Waals surface area contributed by atoms with Gasteiger partial charge < -0.3 is 19.8 Å². The van der Waals surface area contributed by atoms with E-state index in [0.717, 1.165) is 17.9 Å². The first-order valence-corrected chi connectivity index (χ1v) is 7.55. The molecule has 0 radical (unpaired) electrons. The number of rotatable bonds is 6. The van der Waals surface area contributed by atoms with Crippen LogP contribution in [0.15, 0.2) is 27.8 Å². The molecule has 2 N–H and O–H groups in total. The van der Waals surface area contributed by atoms with Crippen molar-refractivity contribution in [2.24, 2.45) is 0 Å². The number of hydrogen-bond donors (Lipinski definition) is 2. The van der Waals surface area contributed by atoms with E-state index in [1.54, 1.807) is 6.92 Å². The number of nitrogens with one attached hydrogen (secondary N) is 2. The minimum Gasteiger partial charge on any atom is -0.466 e. The van der Waals surface area contributed by atoms with Crippen molar-refractivity contribution in [3.8, 4) is 0 Å². The second-order valence-corrected chi connectivity index (χ2v) is 5.36.